The molecule has 4 aromatic rings. The summed E-state index contributed by atoms with van der Waals surface area (Å²) in [5, 5.41) is 13.6. The van der Waals surface area contributed by atoms with E-state index in [2.05, 4.69) is 26.7 Å². The van der Waals surface area contributed by atoms with Crippen LogP contribution in [0, 0.1) is 0 Å². The largest absolute Gasteiger partial charge is 0.490 e. The lowest BCUT2D eigenvalue weighted by Crippen LogP contribution is -2.34. The third kappa shape index (κ3) is 4.53. The summed E-state index contributed by atoms with van der Waals surface area (Å²) in [5.74, 6) is 0.851. The van der Waals surface area contributed by atoms with Crippen LogP contribution in [-0.2, 0) is 13.5 Å². The molecule has 0 unspecified atom stereocenters. The third-order valence-electron chi connectivity index (χ3n) is 5.78. The first-order valence-corrected chi connectivity index (χ1v) is 10.9. The second-order valence-electron chi connectivity index (χ2n) is 8.21. The molecule has 0 bridgehead atoms. The normalized spacial score (nSPS) is 14.5. The van der Waals surface area contributed by atoms with Crippen molar-refractivity contribution >= 4 is 16.6 Å². The molecule has 2 aromatic carbocycles. The number of hydrogen-bond acceptors (Lipinski definition) is 6. The number of aryl methyl sites for hydroxylation is 1. The summed E-state index contributed by atoms with van der Waals surface area (Å²) in [6, 6.07) is 15.5. The Hall–Kier alpha value is -3.58. The first-order valence-electron chi connectivity index (χ1n) is 10.9. The predicted molar refractivity (Wildman–Crippen MR) is 123 cm³/mol. The van der Waals surface area contributed by atoms with E-state index in [1.54, 1.807) is 4.68 Å². The van der Waals surface area contributed by atoms with Crippen LogP contribution in [0.3, 0.4) is 0 Å². The van der Waals surface area contributed by atoms with E-state index in [1.807, 2.05) is 61.9 Å². The molecule has 0 spiro atoms. The van der Waals surface area contributed by atoms with Gasteiger partial charge in [-0.2, -0.15) is 0 Å². The molecular weight excluding hydrogens is 402 g/mol. The number of ether oxygens (including phenoxy) is 1. The molecule has 1 N–H and O–H groups in total. The highest BCUT2D eigenvalue weighted by atomic mass is 16.5. The lowest BCUT2D eigenvalue weighted by molar-refractivity contribution is 0.0992. The Labute approximate surface area is 186 Å². The highest BCUT2D eigenvalue weighted by Crippen LogP contribution is 2.24. The number of fused-ring (bicyclic) bond motifs is 1. The van der Waals surface area contributed by atoms with Crippen LogP contribution in [0.25, 0.3) is 22.0 Å². The van der Waals surface area contributed by atoms with Gasteiger partial charge in [0.25, 0.3) is 0 Å². The van der Waals surface area contributed by atoms with Gasteiger partial charge in [-0.15, -0.1) is 5.10 Å². The van der Waals surface area contributed by atoms with Crippen molar-refractivity contribution in [2.75, 3.05) is 13.1 Å². The maximum absolute atomic E-state index is 12.8. The summed E-state index contributed by atoms with van der Waals surface area (Å²) in [7, 11) is 1.84. The summed E-state index contributed by atoms with van der Waals surface area (Å²) in [6.07, 6.45) is 6.20. The van der Waals surface area contributed by atoms with Crippen LogP contribution in [0.4, 0.5) is 0 Å². The monoisotopic (exact) mass is 427 g/mol. The average Bonchev–Trinajstić information content (AvgIpc) is 3.26. The van der Waals surface area contributed by atoms with Crippen LogP contribution >= 0.6 is 0 Å². The number of aromatic nitrogens is 4. The van der Waals surface area contributed by atoms with Gasteiger partial charge in [0.05, 0.1) is 12.6 Å². The summed E-state index contributed by atoms with van der Waals surface area (Å²) >= 11 is 0. The van der Waals surface area contributed by atoms with Crippen LogP contribution in [-0.4, -0.2) is 45.0 Å². The number of Topliss-reactive ketones (excluding diaryl/α,β-unsaturated/α-hetero) is 1. The maximum atomic E-state index is 12.8. The maximum Gasteiger partial charge on any atom is 0.168 e. The predicted octanol–water partition coefficient (Wildman–Crippen LogP) is 3.59. The number of pyridine rings is 1. The molecule has 5 rings (SSSR count). The smallest absolute Gasteiger partial charge is 0.168 e. The Bertz CT molecular complexity index is 1240. The van der Waals surface area contributed by atoms with Gasteiger partial charge in [0, 0.05) is 35.5 Å². The first-order chi connectivity index (χ1) is 15.6. The lowest BCUT2D eigenvalue weighted by atomic mass is 10.0. The molecule has 162 valence electrons. The van der Waals surface area contributed by atoms with Gasteiger partial charge in [0.1, 0.15) is 17.5 Å². The average molecular weight is 428 g/mol. The van der Waals surface area contributed by atoms with E-state index in [4.69, 9.17) is 4.74 Å². The van der Waals surface area contributed by atoms with Crippen molar-refractivity contribution in [2.24, 2.45) is 7.05 Å². The Balaban J connectivity index is 1.29. The molecule has 1 fully saturated rings. The first kappa shape index (κ1) is 20.3. The highest BCUT2D eigenvalue weighted by Gasteiger charge is 2.15. The number of nitrogens with zero attached hydrogens (tertiary/aromatic N) is 4. The number of ketones is 1. The molecule has 0 radical (unpaired) electrons. The van der Waals surface area contributed by atoms with Gasteiger partial charge in [0.15, 0.2) is 5.78 Å². The number of piperidine rings is 1. The molecule has 1 saturated heterocycles. The number of carbonyl (C=O) groups excluding carboxylic acids is 1. The van der Waals surface area contributed by atoms with Gasteiger partial charge in [-0.05, 0) is 67.7 Å². The number of benzene rings is 2. The van der Waals surface area contributed by atoms with Gasteiger partial charge in [0.2, 0.25) is 0 Å². The van der Waals surface area contributed by atoms with Gasteiger partial charge in [-0.3, -0.25) is 14.5 Å². The molecule has 0 aliphatic carbocycles. The van der Waals surface area contributed by atoms with Crippen molar-refractivity contribution in [3.8, 4) is 17.0 Å². The van der Waals surface area contributed by atoms with Gasteiger partial charge in [-0.25, -0.2) is 0 Å². The lowest BCUT2D eigenvalue weighted by Gasteiger charge is -2.23. The van der Waals surface area contributed by atoms with E-state index in [1.165, 1.54) is 0 Å². The van der Waals surface area contributed by atoms with Crippen LogP contribution in [0.5, 0.6) is 5.75 Å². The Morgan fingerprint density at radius 3 is 2.66 bits per heavy atom. The van der Waals surface area contributed by atoms with Gasteiger partial charge >= 0.3 is 0 Å². The molecule has 2 aromatic heterocycles. The minimum Gasteiger partial charge on any atom is -0.490 e. The van der Waals surface area contributed by atoms with Crippen molar-refractivity contribution in [3.63, 3.8) is 0 Å². The number of nitrogens with one attached hydrogen (secondary N) is 1. The molecule has 0 atom stereocenters. The van der Waals surface area contributed by atoms with Gasteiger partial charge < -0.3 is 10.1 Å². The fraction of sp³-hybridized carbons (Fsp3) is 0.280. The Morgan fingerprint density at radius 2 is 1.91 bits per heavy atom. The topological polar surface area (TPSA) is 81.9 Å². The van der Waals surface area contributed by atoms with Crippen LogP contribution in [0.15, 0.2) is 60.9 Å². The molecule has 7 heteroatoms. The molecular formula is C25H25N5O2. The van der Waals surface area contributed by atoms with Crippen LogP contribution < -0.4 is 10.1 Å². The Kier molecular flexibility index (Phi) is 5.64. The van der Waals surface area contributed by atoms with E-state index in [0.717, 1.165) is 59.4 Å². The van der Waals surface area contributed by atoms with Crippen molar-refractivity contribution in [1.29, 1.82) is 0 Å². The van der Waals surface area contributed by atoms with E-state index < -0.39 is 0 Å². The fourth-order valence-electron chi connectivity index (χ4n) is 4.01. The zero-order valence-corrected chi connectivity index (χ0v) is 18.0. The number of hydrogen-bond donors (Lipinski definition) is 1. The molecule has 1 aliphatic rings. The summed E-state index contributed by atoms with van der Waals surface area (Å²) < 4.78 is 7.71. The van der Waals surface area contributed by atoms with Crippen molar-refractivity contribution in [3.05, 3.63) is 72.2 Å². The van der Waals surface area contributed by atoms with Crippen molar-refractivity contribution < 1.29 is 9.53 Å². The minimum atomic E-state index is 0.0374. The Morgan fingerprint density at radius 1 is 1.09 bits per heavy atom. The van der Waals surface area contributed by atoms with E-state index in [9.17, 15) is 4.79 Å². The highest BCUT2D eigenvalue weighted by molar-refractivity contribution is 5.98. The summed E-state index contributed by atoms with van der Waals surface area (Å²) in [4.78, 5) is 17.3. The fourth-order valence-corrected chi connectivity index (χ4v) is 4.01. The van der Waals surface area contributed by atoms with Gasteiger partial charge in [-0.1, -0.05) is 17.3 Å². The minimum absolute atomic E-state index is 0.0374. The SMILES string of the molecule is Cn1cc(-c2ccc3cnc(CC(=O)c4ccc(OC5CCNCC5)cc4)cc3c2)nn1. The standard InChI is InChI=1S/C25H25N5O2/c1-30-16-24(28-29-30)18-2-3-19-15-27-21(13-20(19)12-18)14-25(31)17-4-6-22(7-5-17)32-23-8-10-26-11-9-23/h2-7,12-13,15-16,23,26H,8-11,14H2,1H3. The van der Waals surface area contributed by atoms with E-state index >= 15 is 0 Å². The van der Waals surface area contributed by atoms with Crippen LogP contribution in [0.1, 0.15) is 28.9 Å². The zero-order valence-electron chi connectivity index (χ0n) is 18.0. The molecule has 0 saturated carbocycles. The molecule has 3 heterocycles. The second kappa shape index (κ2) is 8.88. The second-order valence-corrected chi connectivity index (χ2v) is 8.21. The van der Waals surface area contributed by atoms with Crippen LogP contribution in [0.2, 0.25) is 0 Å². The molecule has 7 nitrogen and oxygen atoms in total. The molecule has 1 aliphatic heterocycles. The van der Waals surface area contributed by atoms with E-state index in [-0.39, 0.29) is 18.3 Å². The number of rotatable bonds is 6. The third-order valence-corrected chi connectivity index (χ3v) is 5.78. The quantitative estimate of drug-likeness (QED) is 0.474. The van der Waals surface area contributed by atoms with Crippen molar-refractivity contribution in [2.45, 2.75) is 25.4 Å². The molecule has 0 amide bonds. The number of carbonyl (C=O) groups is 1. The molecule has 32 heavy (non-hydrogen) atoms. The van der Waals surface area contributed by atoms with Crippen molar-refractivity contribution in [1.82, 2.24) is 25.3 Å². The van der Waals surface area contributed by atoms with E-state index in [0.29, 0.717) is 5.56 Å². The zero-order chi connectivity index (χ0) is 21.9. The summed E-state index contributed by atoms with van der Waals surface area (Å²) in [6.45, 7) is 1.97. The summed E-state index contributed by atoms with van der Waals surface area (Å²) in [5.41, 5.74) is 3.21.